The lowest BCUT2D eigenvalue weighted by Crippen LogP contribution is -2.55. The number of hydrogen-bond acceptors (Lipinski definition) is 8. The summed E-state index contributed by atoms with van der Waals surface area (Å²) in [6.45, 7) is 7.71. The van der Waals surface area contributed by atoms with Crippen LogP contribution in [0.15, 0.2) is 53.1 Å². The molecule has 0 amide bonds. The fraction of sp³-hybridized carbons (Fsp3) is 0.360. The van der Waals surface area contributed by atoms with Gasteiger partial charge < -0.3 is 14.4 Å². The van der Waals surface area contributed by atoms with E-state index in [0.29, 0.717) is 17.3 Å². The van der Waals surface area contributed by atoms with Crippen LogP contribution in [0, 0.1) is 6.92 Å². The second-order valence-corrected chi connectivity index (χ2v) is 10.2. The van der Waals surface area contributed by atoms with Crippen molar-refractivity contribution < 1.29 is 14.4 Å². The summed E-state index contributed by atoms with van der Waals surface area (Å²) < 4.78 is 12.9. The highest BCUT2D eigenvalue weighted by atomic mass is 35.5. The van der Waals surface area contributed by atoms with Gasteiger partial charge in [0.15, 0.2) is 12.0 Å². The van der Waals surface area contributed by atoms with E-state index in [0.717, 1.165) is 58.4 Å². The molecule has 9 heteroatoms. The summed E-state index contributed by atoms with van der Waals surface area (Å²) in [4.78, 5) is 9.07. The van der Waals surface area contributed by atoms with Gasteiger partial charge in [0, 0.05) is 50.4 Å². The minimum absolute atomic E-state index is 0.418. The number of aliphatic hydroxyl groups excluding tert-OH is 1. The van der Waals surface area contributed by atoms with Gasteiger partial charge in [0.05, 0.1) is 25.9 Å². The Morgan fingerprint density at radius 1 is 1.15 bits per heavy atom. The molecule has 4 aromatic rings. The Kier molecular flexibility index (Phi) is 6.85. The second-order valence-electron chi connectivity index (χ2n) is 8.59. The number of aliphatic hydroxyl groups is 1. The summed E-state index contributed by atoms with van der Waals surface area (Å²) in [6.07, 6.45) is -1.05. The molecule has 0 radical (unpaired) electrons. The van der Waals surface area contributed by atoms with Gasteiger partial charge in [0.25, 0.3) is 0 Å². The van der Waals surface area contributed by atoms with E-state index in [4.69, 9.17) is 20.9 Å². The molecule has 7 nitrogen and oxygen atoms in total. The van der Waals surface area contributed by atoms with Crippen molar-refractivity contribution in [2.24, 2.45) is 0 Å². The van der Waals surface area contributed by atoms with E-state index in [1.165, 1.54) is 0 Å². The van der Waals surface area contributed by atoms with Gasteiger partial charge in [-0.05, 0) is 38.1 Å². The maximum atomic E-state index is 10.5. The number of nitrogens with zero attached hydrogens (tertiary/aromatic N) is 4. The highest BCUT2D eigenvalue weighted by molar-refractivity contribution is 7.18. The third kappa shape index (κ3) is 5.11. The van der Waals surface area contributed by atoms with Gasteiger partial charge in [-0.2, -0.15) is 0 Å². The molecule has 5 rings (SSSR count). The lowest BCUT2D eigenvalue weighted by molar-refractivity contribution is -0.0752. The van der Waals surface area contributed by atoms with Gasteiger partial charge in [0.2, 0.25) is 0 Å². The lowest BCUT2D eigenvalue weighted by Gasteiger charge is -2.39. The number of thiazole rings is 1. The molecule has 2 aromatic carbocycles. The van der Waals surface area contributed by atoms with E-state index >= 15 is 0 Å². The molecule has 3 heterocycles. The first-order valence-electron chi connectivity index (χ1n) is 11.3. The standard InChI is InChI=1S/C25H27ClN4O3S/c1-16(31)25(32-19-7-8-24-22(14-19)27-17(2)34-24)30-11-9-29(10-12-30)15-18-13-23(33-28-18)20-5-3-4-6-21(20)26/h3-8,13-14,16,25,31H,9-12,15H2,1-2H3/t16-,25?/m1/s1. The fourth-order valence-electron chi connectivity index (χ4n) is 4.29. The summed E-state index contributed by atoms with van der Waals surface area (Å²) in [6, 6.07) is 15.5. The van der Waals surface area contributed by atoms with Crippen molar-refractivity contribution in [1.82, 2.24) is 19.9 Å². The van der Waals surface area contributed by atoms with Crippen LogP contribution in [0.5, 0.6) is 5.75 Å². The monoisotopic (exact) mass is 498 g/mol. The first-order valence-corrected chi connectivity index (χ1v) is 12.5. The summed E-state index contributed by atoms with van der Waals surface area (Å²) in [5.74, 6) is 1.40. The molecule has 1 unspecified atom stereocenters. The third-order valence-electron chi connectivity index (χ3n) is 5.99. The summed E-state index contributed by atoms with van der Waals surface area (Å²) in [5, 5.41) is 16.4. The molecular formula is C25H27ClN4O3S. The molecule has 1 aliphatic rings. The minimum atomic E-state index is -0.631. The second kappa shape index (κ2) is 10.0. The topological polar surface area (TPSA) is 74.9 Å². The van der Waals surface area contributed by atoms with Crippen LogP contribution in [0.25, 0.3) is 21.5 Å². The highest BCUT2D eigenvalue weighted by Gasteiger charge is 2.29. The molecule has 2 aromatic heterocycles. The van der Waals surface area contributed by atoms with E-state index < -0.39 is 12.3 Å². The van der Waals surface area contributed by atoms with Crippen LogP contribution >= 0.6 is 22.9 Å². The molecule has 1 saturated heterocycles. The average molecular weight is 499 g/mol. The molecule has 0 spiro atoms. The summed E-state index contributed by atoms with van der Waals surface area (Å²) >= 11 is 7.95. The Morgan fingerprint density at radius 2 is 1.94 bits per heavy atom. The minimum Gasteiger partial charge on any atom is -0.472 e. The van der Waals surface area contributed by atoms with Crippen molar-refractivity contribution in [3.8, 4) is 17.1 Å². The van der Waals surface area contributed by atoms with Crippen molar-refractivity contribution in [3.05, 3.63) is 64.3 Å². The van der Waals surface area contributed by atoms with E-state index in [-0.39, 0.29) is 0 Å². The van der Waals surface area contributed by atoms with Gasteiger partial charge in [-0.15, -0.1) is 11.3 Å². The number of ether oxygens (including phenoxy) is 1. The number of aryl methyl sites for hydroxylation is 1. The van der Waals surface area contributed by atoms with Crippen LogP contribution in [0.2, 0.25) is 5.02 Å². The van der Waals surface area contributed by atoms with Crippen LogP contribution < -0.4 is 4.74 Å². The van der Waals surface area contributed by atoms with E-state index in [2.05, 4.69) is 19.9 Å². The number of piperazine rings is 1. The Morgan fingerprint density at radius 3 is 2.71 bits per heavy atom. The Bertz CT molecular complexity index is 1270. The molecule has 1 aliphatic heterocycles. The van der Waals surface area contributed by atoms with Crippen molar-refractivity contribution in [2.75, 3.05) is 26.2 Å². The lowest BCUT2D eigenvalue weighted by atomic mass is 10.1. The van der Waals surface area contributed by atoms with Gasteiger partial charge in [-0.3, -0.25) is 9.80 Å². The number of aromatic nitrogens is 2. The quantitative estimate of drug-likeness (QED) is 0.391. The zero-order valence-corrected chi connectivity index (χ0v) is 20.7. The van der Waals surface area contributed by atoms with E-state index in [1.807, 2.05) is 55.5 Å². The Balaban J connectivity index is 1.20. The number of halogens is 1. The molecule has 2 atom stereocenters. The molecule has 178 valence electrons. The smallest absolute Gasteiger partial charge is 0.178 e. The zero-order valence-electron chi connectivity index (χ0n) is 19.1. The normalized spacial score (nSPS) is 17.2. The maximum Gasteiger partial charge on any atom is 0.178 e. The first-order chi connectivity index (χ1) is 16.5. The number of fused-ring (bicyclic) bond motifs is 1. The Hall–Kier alpha value is -2.49. The molecule has 0 saturated carbocycles. The maximum absolute atomic E-state index is 10.5. The molecule has 34 heavy (non-hydrogen) atoms. The predicted molar refractivity (Wildman–Crippen MR) is 134 cm³/mol. The van der Waals surface area contributed by atoms with Crippen LogP contribution in [0.3, 0.4) is 0 Å². The number of rotatable bonds is 7. The highest BCUT2D eigenvalue weighted by Crippen LogP contribution is 2.29. The Labute approximate surface area is 207 Å². The molecule has 1 fully saturated rings. The molecular weight excluding hydrogens is 472 g/mol. The van der Waals surface area contributed by atoms with Crippen molar-refractivity contribution in [2.45, 2.75) is 32.7 Å². The van der Waals surface area contributed by atoms with Crippen molar-refractivity contribution >= 4 is 33.2 Å². The van der Waals surface area contributed by atoms with Gasteiger partial charge in [-0.25, -0.2) is 4.98 Å². The van der Waals surface area contributed by atoms with E-state index in [9.17, 15) is 5.11 Å². The average Bonchev–Trinajstić information content (AvgIpc) is 3.43. The largest absolute Gasteiger partial charge is 0.472 e. The first kappa shape index (κ1) is 23.3. The van der Waals surface area contributed by atoms with Gasteiger partial charge in [-0.1, -0.05) is 28.9 Å². The van der Waals surface area contributed by atoms with Crippen LogP contribution in [0.1, 0.15) is 17.6 Å². The number of hydrogen-bond donors (Lipinski definition) is 1. The van der Waals surface area contributed by atoms with Crippen molar-refractivity contribution in [1.29, 1.82) is 0 Å². The summed E-state index contributed by atoms with van der Waals surface area (Å²) in [5.41, 5.74) is 2.65. The number of benzene rings is 2. The van der Waals surface area contributed by atoms with E-state index in [1.54, 1.807) is 18.3 Å². The van der Waals surface area contributed by atoms with Crippen LogP contribution in [-0.2, 0) is 6.54 Å². The molecule has 0 bridgehead atoms. The SMILES string of the molecule is Cc1nc2cc(OC([C@@H](C)O)N3CCN(Cc4cc(-c5ccccc5Cl)on4)CC3)ccc2s1. The van der Waals surface area contributed by atoms with Crippen LogP contribution in [-0.4, -0.2) is 63.6 Å². The van der Waals surface area contributed by atoms with Crippen LogP contribution in [0.4, 0.5) is 0 Å². The van der Waals surface area contributed by atoms with Gasteiger partial charge >= 0.3 is 0 Å². The van der Waals surface area contributed by atoms with Crippen molar-refractivity contribution in [3.63, 3.8) is 0 Å². The third-order valence-corrected chi connectivity index (χ3v) is 7.27. The van der Waals surface area contributed by atoms with Gasteiger partial charge in [0.1, 0.15) is 11.9 Å². The zero-order chi connectivity index (χ0) is 23.7. The molecule has 0 aliphatic carbocycles. The fourth-order valence-corrected chi connectivity index (χ4v) is 5.33. The predicted octanol–water partition coefficient (Wildman–Crippen LogP) is 4.82. The molecule has 1 N–H and O–H groups in total. The summed E-state index contributed by atoms with van der Waals surface area (Å²) in [7, 11) is 0.